The molecule has 1 rings (SSSR count). The van der Waals surface area contributed by atoms with Crippen molar-refractivity contribution >= 4 is 23.6 Å². The lowest BCUT2D eigenvalue weighted by Gasteiger charge is -2.02. The molecule has 2 N–H and O–H groups in total. The molecular formula is C13H19NO3S. The highest BCUT2D eigenvalue weighted by atomic mass is 32.1. The zero-order valence-corrected chi connectivity index (χ0v) is 11.5. The maximum atomic E-state index is 10.8. The molecular weight excluding hydrogens is 250 g/mol. The highest BCUT2D eigenvalue weighted by Crippen LogP contribution is 2.03. The van der Waals surface area contributed by atoms with Gasteiger partial charge < -0.3 is 10.5 Å². The van der Waals surface area contributed by atoms with E-state index in [1.807, 2.05) is 18.4 Å². The van der Waals surface area contributed by atoms with Crippen LogP contribution in [0.4, 0.5) is 0 Å². The normalized spacial score (nSPS) is 10.2. The lowest BCUT2D eigenvalue weighted by atomic mass is 10.3. The SMILES string of the molecule is C/C=C(\N)C(=O)OCCCC.O=Cc1cccs1. The zero-order chi connectivity index (χ0) is 13.8. The number of esters is 1. The topological polar surface area (TPSA) is 69.4 Å². The van der Waals surface area contributed by atoms with Gasteiger partial charge in [-0.05, 0) is 24.8 Å². The molecule has 0 fully saturated rings. The molecule has 0 atom stereocenters. The first-order valence-corrected chi connectivity index (χ1v) is 6.61. The van der Waals surface area contributed by atoms with E-state index in [0.29, 0.717) is 6.61 Å². The predicted octanol–water partition coefficient (Wildman–Crippen LogP) is 2.75. The summed E-state index contributed by atoms with van der Waals surface area (Å²) in [6, 6.07) is 3.64. The number of ether oxygens (including phenoxy) is 1. The van der Waals surface area contributed by atoms with E-state index in [-0.39, 0.29) is 5.70 Å². The van der Waals surface area contributed by atoms with Crippen molar-refractivity contribution in [1.29, 1.82) is 0 Å². The van der Waals surface area contributed by atoms with Crippen molar-refractivity contribution in [3.63, 3.8) is 0 Å². The van der Waals surface area contributed by atoms with Crippen molar-refractivity contribution in [2.75, 3.05) is 6.61 Å². The van der Waals surface area contributed by atoms with Crippen LogP contribution in [0, 0.1) is 0 Å². The van der Waals surface area contributed by atoms with Gasteiger partial charge in [0.1, 0.15) is 5.70 Å². The molecule has 1 heterocycles. The Morgan fingerprint density at radius 2 is 2.28 bits per heavy atom. The van der Waals surface area contributed by atoms with E-state index in [1.54, 1.807) is 13.0 Å². The number of hydrogen-bond acceptors (Lipinski definition) is 5. The Morgan fingerprint density at radius 3 is 2.67 bits per heavy atom. The van der Waals surface area contributed by atoms with Crippen LogP contribution in [0.3, 0.4) is 0 Å². The highest BCUT2D eigenvalue weighted by Gasteiger charge is 2.03. The van der Waals surface area contributed by atoms with Gasteiger partial charge in [0, 0.05) is 0 Å². The molecule has 0 aliphatic carbocycles. The number of carbonyl (C=O) groups excluding carboxylic acids is 2. The lowest BCUT2D eigenvalue weighted by Crippen LogP contribution is -2.14. The second kappa shape index (κ2) is 10.5. The number of aldehydes is 1. The highest BCUT2D eigenvalue weighted by molar-refractivity contribution is 7.11. The lowest BCUT2D eigenvalue weighted by molar-refractivity contribution is -0.139. The minimum absolute atomic E-state index is 0.182. The summed E-state index contributed by atoms with van der Waals surface area (Å²) in [5.74, 6) is -0.416. The van der Waals surface area contributed by atoms with Crippen LogP contribution in [0.15, 0.2) is 29.3 Å². The van der Waals surface area contributed by atoms with Crippen LogP contribution < -0.4 is 5.73 Å². The van der Waals surface area contributed by atoms with Crippen molar-refractivity contribution in [1.82, 2.24) is 0 Å². The molecule has 0 bridgehead atoms. The second-order valence-corrected chi connectivity index (χ2v) is 4.35. The molecule has 0 aliphatic rings. The van der Waals surface area contributed by atoms with Gasteiger partial charge in [0.05, 0.1) is 11.5 Å². The Kier molecular flexibility index (Phi) is 9.58. The van der Waals surface area contributed by atoms with E-state index in [0.717, 1.165) is 24.0 Å². The molecule has 0 unspecified atom stereocenters. The summed E-state index contributed by atoms with van der Waals surface area (Å²) in [7, 11) is 0. The number of unbranched alkanes of at least 4 members (excludes halogenated alkanes) is 1. The first kappa shape index (κ1) is 16.4. The van der Waals surface area contributed by atoms with Crippen LogP contribution in [0.1, 0.15) is 36.4 Å². The molecule has 0 saturated heterocycles. The van der Waals surface area contributed by atoms with E-state index in [9.17, 15) is 9.59 Å². The maximum absolute atomic E-state index is 10.8. The van der Waals surface area contributed by atoms with Crippen LogP contribution in [0.2, 0.25) is 0 Å². The molecule has 1 aromatic heterocycles. The van der Waals surface area contributed by atoms with Crippen molar-refractivity contribution < 1.29 is 14.3 Å². The summed E-state index contributed by atoms with van der Waals surface area (Å²) in [4.78, 5) is 21.5. The number of allylic oxidation sites excluding steroid dienone is 1. The molecule has 1 aromatic rings. The van der Waals surface area contributed by atoms with Crippen LogP contribution in [0.25, 0.3) is 0 Å². The Balaban J connectivity index is 0.000000351. The second-order valence-electron chi connectivity index (χ2n) is 3.37. The largest absolute Gasteiger partial charge is 0.461 e. The van der Waals surface area contributed by atoms with Crippen molar-refractivity contribution in [2.45, 2.75) is 26.7 Å². The molecule has 4 nitrogen and oxygen atoms in total. The molecule has 0 aromatic carbocycles. The summed E-state index contributed by atoms with van der Waals surface area (Å²) < 4.78 is 4.80. The van der Waals surface area contributed by atoms with E-state index < -0.39 is 5.97 Å². The van der Waals surface area contributed by atoms with Gasteiger partial charge in [0.2, 0.25) is 0 Å². The van der Waals surface area contributed by atoms with E-state index in [2.05, 4.69) is 0 Å². The van der Waals surface area contributed by atoms with E-state index >= 15 is 0 Å². The average Bonchev–Trinajstić information content (AvgIpc) is 2.91. The van der Waals surface area contributed by atoms with Crippen LogP contribution in [-0.4, -0.2) is 18.9 Å². The van der Waals surface area contributed by atoms with Crippen molar-refractivity contribution in [2.24, 2.45) is 5.73 Å². The molecule has 0 spiro atoms. The molecule has 0 aliphatic heterocycles. The fourth-order valence-electron chi connectivity index (χ4n) is 0.869. The quantitative estimate of drug-likeness (QED) is 0.386. The minimum Gasteiger partial charge on any atom is -0.461 e. The first-order chi connectivity index (χ1) is 8.65. The van der Waals surface area contributed by atoms with Crippen LogP contribution in [0.5, 0.6) is 0 Å². The third-order valence-corrected chi connectivity index (χ3v) is 2.73. The smallest absolute Gasteiger partial charge is 0.353 e. The first-order valence-electron chi connectivity index (χ1n) is 5.73. The monoisotopic (exact) mass is 269 g/mol. The molecule has 0 amide bonds. The molecule has 100 valence electrons. The molecule has 18 heavy (non-hydrogen) atoms. The third-order valence-electron chi connectivity index (χ3n) is 1.94. The Bertz CT molecular complexity index is 372. The van der Waals surface area contributed by atoms with Gasteiger partial charge in [-0.1, -0.05) is 25.5 Å². The van der Waals surface area contributed by atoms with Gasteiger partial charge >= 0.3 is 5.97 Å². The summed E-state index contributed by atoms with van der Waals surface area (Å²) in [5, 5.41) is 1.88. The van der Waals surface area contributed by atoms with Gasteiger partial charge in [0.15, 0.2) is 6.29 Å². The van der Waals surface area contributed by atoms with Crippen molar-refractivity contribution in [3.8, 4) is 0 Å². The third kappa shape index (κ3) is 7.62. The predicted molar refractivity (Wildman–Crippen MR) is 73.5 cm³/mol. The molecule has 5 heteroatoms. The van der Waals surface area contributed by atoms with Crippen LogP contribution >= 0.6 is 11.3 Å². The fraction of sp³-hybridized carbons (Fsp3) is 0.385. The number of carbonyl (C=O) groups is 2. The number of rotatable bonds is 5. The molecule has 0 radical (unpaired) electrons. The Hall–Kier alpha value is -1.62. The van der Waals surface area contributed by atoms with Crippen LogP contribution in [-0.2, 0) is 9.53 Å². The summed E-state index contributed by atoms with van der Waals surface area (Å²) in [5.41, 5.74) is 5.47. The number of hydrogen-bond donors (Lipinski definition) is 1. The molecule has 0 saturated carbocycles. The Morgan fingerprint density at radius 1 is 1.56 bits per heavy atom. The van der Waals surface area contributed by atoms with Gasteiger partial charge in [-0.15, -0.1) is 11.3 Å². The summed E-state index contributed by atoms with van der Waals surface area (Å²) in [6.45, 7) is 4.20. The summed E-state index contributed by atoms with van der Waals surface area (Å²) in [6.07, 6.45) is 4.30. The van der Waals surface area contributed by atoms with Gasteiger partial charge in [0.25, 0.3) is 0 Å². The van der Waals surface area contributed by atoms with E-state index in [4.69, 9.17) is 10.5 Å². The Labute approximate surface area is 111 Å². The number of thiophene rings is 1. The zero-order valence-electron chi connectivity index (χ0n) is 10.7. The van der Waals surface area contributed by atoms with Gasteiger partial charge in [-0.25, -0.2) is 4.79 Å². The standard InChI is InChI=1S/C8H15NO2.C5H4OS/c1-3-5-6-11-8(10)7(9)4-2;6-4-5-2-1-3-7-5/h4H,3,5-6,9H2,1-2H3;1-4H/b7-4-;. The minimum atomic E-state index is -0.416. The number of nitrogens with two attached hydrogens (primary N) is 1. The van der Waals surface area contributed by atoms with E-state index in [1.165, 1.54) is 17.4 Å². The van der Waals surface area contributed by atoms with Crippen molar-refractivity contribution in [3.05, 3.63) is 34.2 Å². The maximum Gasteiger partial charge on any atom is 0.353 e. The average molecular weight is 269 g/mol. The van der Waals surface area contributed by atoms with Gasteiger partial charge in [-0.2, -0.15) is 0 Å². The van der Waals surface area contributed by atoms with Gasteiger partial charge in [-0.3, -0.25) is 4.79 Å². The summed E-state index contributed by atoms with van der Waals surface area (Å²) >= 11 is 1.45. The fourth-order valence-corrected chi connectivity index (χ4v) is 1.40.